The maximum Gasteiger partial charge on any atom is 0.255 e. The van der Waals surface area contributed by atoms with Gasteiger partial charge in [0, 0.05) is 21.0 Å². The molecule has 0 saturated heterocycles. The van der Waals surface area contributed by atoms with E-state index in [-0.39, 0.29) is 5.91 Å². The summed E-state index contributed by atoms with van der Waals surface area (Å²) in [6.07, 6.45) is 4.64. The van der Waals surface area contributed by atoms with Crippen molar-refractivity contribution in [1.29, 1.82) is 0 Å². The summed E-state index contributed by atoms with van der Waals surface area (Å²) >= 11 is 2.22. The fourth-order valence-corrected chi connectivity index (χ4v) is 2.12. The standard InChI is InChI=1S/C14H10IN5O/c15-11-1-3-12(4-2-11)19-14(21)10-5-6-16-13(7-10)20-8-17-18-9-20/h1-9H,(H,19,21). The summed E-state index contributed by atoms with van der Waals surface area (Å²) in [5.74, 6) is 0.406. The van der Waals surface area contributed by atoms with Gasteiger partial charge in [0.25, 0.3) is 5.91 Å². The molecular weight excluding hydrogens is 381 g/mol. The maximum absolute atomic E-state index is 12.2. The molecule has 7 heteroatoms. The predicted molar refractivity (Wildman–Crippen MR) is 86.3 cm³/mol. The highest BCUT2D eigenvalue weighted by Crippen LogP contribution is 2.13. The Labute approximate surface area is 134 Å². The van der Waals surface area contributed by atoms with Crippen LogP contribution in [0.15, 0.2) is 55.2 Å². The highest BCUT2D eigenvalue weighted by Gasteiger charge is 2.08. The van der Waals surface area contributed by atoms with Crippen molar-refractivity contribution in [2.24, 2.45) is 0 Å². The van der Waals surface area contributed by atoms with E-state index in [0.717, 1.165) is 9.26 Å². The van der Waals surface area contributed by atoms with Crippen LogP contribution in [0.2, 0.25) is 0 Å². The number of hydrogen-bond donors (Lipinski definition) is 1. The van der Waals surface area contributed by atoms with Gasteiger partial charge in [0.1, 0.15) is 18.5 Å². The molecule has 0 spiro atoms. The van der Waals surface area contributed by atoms with Crippen molar-refractivity contribution in [2.45, 2.75) is 0 Å². The minimum atomic E-state index is -0.187. The number of anilines is 1. The lowest BCUT2D eigenvalue weighted by Crippen LogP contribution is -2.12. The molecule has 1 N–H and O–H groups in total. The lowest BCUT2D eigenvalue weighted by atomic mass is 10.2. The van der Waals surface area contributed by atoms with Crippen LogP contribution in [0, 0.1) is 3.57 Å². The third-order valence-corrected chi connectivity index (χ3v) is 3.51. The first-order valence-corrected chi connectivity index (χ1v) is 7.18. The Hall–Kier alpha value is -2.29. The molecule has 0 atom stereocenters. The summed E-state index contributed by atoms with van der Waals surface area (Å²) in [7, 11) is 0. The van der Waals surface area contributed by atoms with Crippen LogP contribution < -0.4 is 5.32 Å². The summed E-state index contributed by atoms with van der Waals surface area (Å²) in [4.78, 5) is 16.4. The zero-order valence-corrected chi connectivity index (χ0v) is 12.9. The van der Waals surface area contributed by atoms with Crippen LogP contribution in [0.25, 0.3) is 5.82 Å². The first-order chi connectivity index (χ1) is 10.2. The average Bonchev–Trinajstić information content (AvgIpc) is 3.04. The summed E-state index contributed by atoms with van der Waals surface area (Å²) in [6.45, 7) is 0. The van der Waals surface area contributed by atoms with E-state index in [9.17, 15) is 4.79 Å². The second kappa shape index (κ2) is 6.00. The van der Waals surface area contributed by atoms with Crippen molar-refractivity contribution in [3.05, 3.63) is 64.4 Å². The van der Waals surface area contributed by atoms with Crippen molar-refractivity contribution in [3.8, 4) is 5.82 Å². The highest BCUT2D eigenvalue weighted by atomic mass is 127. The second-order valence-corrected chi connectivity index (χ2v) is 5.48. The van der Waals surface area contributed by atoms with E-state index in [1.54, 1.807) is 22.9 Å². The molecule has 3 rings (SSSR count). The minimum Gasteiger partial charge on any atom is -0.322 e. The number of rotatable bonds is 3. The number of nitrogens with zero attached hydrogens (tertiary/aromatic N) is 4. The molecule has 1 aromatic carbocycles. The molecule has 21 heavy (non-hydrogen) atoms. The molecule has 0 aliphatic heterocycles. The summed E-state index contributed by atoms with van der Waals surface area (Å²) in [5, 5.41) is 10.3. The zero-order valence-electron chi connectivity index (χ0n) is 10.8. The molecule has 104 valence electrons. The quantitative estimate of drug-likeness (QED) is 0.697. The molecular formula is C14H10IN5O. The van der Waals surface area contributed by atoms with E-state index >= 15 is 0 Å². The highest BCUT2D eigenvalue weighted by molar-refractivity contribution is 14.1. The Morgan fingerprint density at radius 2 is 1.81 bits per heavy atom. The van der Waals surface area contributed by atoms with Gasteiger partial charge in [-0.05, 0) is 59.0 Å². The SMILES string of the molecule is O=C(Nc1ccc(I)cc1)c1ccnc(-n2cnnc2)c1. The van der Waals surface area contributed by atoms with E-state index < -0.39 is 0 Å². The average molecular weight is 391 g/mol. The van der Waals surface area contributed by atoms with Crippen molar-refractivity contribution < 1.29 is 4.79 Å². The number of carbonyl (C=O) groups excluding carboxylic acids is 1. The van der Waals surface area contributed by atoms with Crippen LogP contribution in [-0.4, -0.2) is 25.7 Å². The van der Waals surface area contributed by atoms with Gasteiger partial charge < -0.3 is 5.32 Å². The number of halogens is 1. The minimum absolute atomic E-state index is 0.187. The van der Waals surface area contributed by atoms with E-state index in [0.29, 0.717) is 11.4 Å². The molecule has 0 bridgehead atoms. The lowest BCUT2D eigenvalue weighted by Gasteiger charge is -2.06. The number of hydrogen-bond acceptors (Lipinski definition) is 4. The van der Waals surface area contributed by atoms with Crippen molar-refractivity contribution in [2.75, 3.05) is 5.32 Å². The maximum atomic E-state index is 12.2. The van der Waals surface area contributed by atoms with Crippen LogP contribution in [-0.2, 0) is 0 Å². The fourth-order valence-electron chi connectivity index (χ4n) is 1.76. The van der Waals surface area contributed by atoms with Crippen molar-refractivity contribution in [3.63, 3.8) is 0 Å². The summed E-state index contributed by atoms with van der Waals surface area (Å²) in [5.41, 5.74) is 1.27. The molecule has 2 heterocycles. The molecule has 3 aromatic rings. The number of carbonyl (C=O) groups is 1. The molecule has 1 amide bonds. The van der Waals surface area contributed by atoms with Crippen LogP contribution in [0.3, 0.4) is 0 Å². The lowest BCUT2D eigenvalue weighted by molar-refractivity contribution is 0.102. The summed E-state index contributed by atoms with van der Waals surface area (Å²) < 4.78 is 2.76. The first kappa shape index (κ1) is 13.7. The topological polar surface area (TPSA) is 72.7 Å². The zero-order chi connectivity index (χ0) is 14.7. The molecule has 0 unspecified atom stereocenters. The molecule has 6 nitrogen and oxygen atoms in total. The first-order valence-electron chi connectivity index (χ1n) is 6.10. The van der Waals surface area contributed by atoms with Crippen molar-refractivity contribution in [1.82, 2.24) is 19.7 Å². The van der Waals surface area contributed by atoms with Crippen LogP contribution in [0.4, 0.5) is 5.69 Å². The van der Waals surface area contributed by atoms with Crippen molar-refractivity contribution >= 4 is 34.2 Å². The van der Waals surface area contributed by atoms with Gasteiger partial charge in [0.05, 0.1) is 0 Å². The van der Waals surface area contributed by atoms with Gasteiger partial charge in [-0.3, -0.25) is 9.36 Å². The number of amides is 1. The smallest absolute Gasteiger partial charge is 0.255 e. The van der Waals surface area contributed by atoms with E-state index in [1.165, 1.54) is 12.7 Å². The Morgan fingerprint density at radius 3 is 2.52 bits per heavy atom. The van der Waals surface area contributed by atoms with E-state index in [4.69, 9.17) is 0 Å². The van der Waals surface area contributed by atoms with Gasteiger partial charge in [-0.25, -0.2) is 4.98 Å². The Balaban J connectivity index is 1.81. The van der Waals surface area contributed by atoms with Gasteiger partial charge in [0.2, 0.25) is 0 Å². The van der Waals surface area contributed by atoms with Crippen LogP contribution in [0.1, 0.15) is 10.4 Å². The number of nitrogens with one attached hydrogen (secondary N) is 1. The normalized spacial score (nSPS) is 10.3. The van der Waals surface area contributed by atoms with Crippen LogP contribution in [0.5, 0.6) is 0 Å². The number of pyridine rings is 1. The Morgan fingerprint density at radius 1 is 1.10 bits per heavy atom. The van der Waals surface area contributed by atoms with E-state index in [2.05, 4.69) is 43.1 Å². The predicted octanol–water partition coefficient (Wildman–Crippen LogP) is 2.52. The van der Waals surface area contributed by atoms with Gasteiger partial charge >= 0.3 is 0 Å². The second-order valence-electron chi connectivity index (χ2n) is 4.23. The summed E-state index contributed by atoms with van der Waals surface area (Å²) in [6, 6.07) is 10.9. The molecule has 0 saturated carbocycles. The Bertz CT molecular complexity index is 755. The van der Waals surface area contributed by atoms with E-state index in [1.807, 2.05) is 24.3 Å². The van der Waals surface area contributed by atoms with Crippen LogP contribution >= 0.6 is 22.6 Å². The molecule has 0 radical (unpaired) electrons. The third-order valence-electron chi connectivity index (χ3n) is 2.79. The van der Waals surface area contributed by atoms with Gasteiger partial charge in [-0.15, -0.1) is 10.2 Å². The number of aromatic nitrogens is 4. The third kappa shape index (κ3) is 3.24. The monoisotopic (exact) mass is 391 g/mol. The number of benzene rings is 1. The van der Waals surface area contributed by atoms with Gasteiger partial charge in [0.15, 0.2) is 0 Å². The van der Waals surface area contributed by atoms with Gasteiger partial charge in [-0.1, -0.05) is 0 Å². The molecule has 2 aromatic heterocycles. The molecule has 0 aliphatic rings. The molecule has 0 fully saturated rings. The largest absolute Gasteiger partial charge is 0.322 e. The fraction of sp³-hybridized carbons (Fsp3) is 0. The molecule has 0 aliphatic carbocycles. The van der Waals surface area contributed by atoms with Gasteiger partial charge in [-0.2, -0.15) is 0 Å². The Kier molecular flexibility index (Phi) is 3.91.